The Morgan fingerprint density at radius 2 is 1.77 bits per heavy atom. The Bertz CT molecular complexity index is 740. The molecule has 1 amide bonds. The molecule has 0 saturated heterocycles. The van der Waals surface area contributed by atoms with Crippen molar-refractivity contribution in [3.05, 3.63) is 66.2 Å². The van der Waals surface area contributed by atoms with Gasteiger partial charge in [-0.15, -0.1) is 0 Å². The number of nitrogens with one attached hydrogen (secondary N) is 1. The number of ether oxygens (including phenoxy) is 3. The molecule has 2 aromatic rings. The molecule has 0 aliphatic rings. The smallest absolute Gasteiger partial charge is 0.251 e. The third-order valence-corrected chi connectivity index (χ3v) is 3.52. The summed E-state index contributed by atoms with van der Waals surface area (Å²) in [4.78, 5) is 12.4. The summed E-state index contributed by atoms with van der Waals surface area (Å²) in [5.41, 5.74) is 1.46. The van der Waals surface area contributed by atoms with Crippen LogP contribution in [0.3, 0.4) is 0 Å². The Morgan fingerprint density at radius 3 is 2.42 bits per heavy atom. The highest BCUT2D eigenvalue weighted by molar-refractivity contribution is 5.94. The Kier molecular flexibility index (Phi) is 7.09. The first-order valence-electron chi connectivity index (χ1n) is 8.43. The van der Waals surface area contributed by atoms with Crippen LogP contribution in [0.2, 0.25) is 0 Å². The molecule has 0 heterocycles. The summed E-state index contributed by atoms with van der Waals surface area (Å²) in [7, 11) is 1.62. The lowest BCUT2D eigenvalue weighted by atomic mass is 10.2. The molecule has 1 atom stereocenters. The minimum atomic E-state index is -0.170. The van der Waals surface area contributed by atoms with Gasteiger partial charge in [-0.3, -0.25) is 4.79 Å². The van der Waals surface area contributed by atoms with Gasteiger partial charge in [-0.25, -0.2) is 0 Å². The zero-order chi connectivity index (χ0) is 18.9. The fraction of sp³-hybridized carbons (Fsp3) is 0.286. The lowest BCUT2D eigenvalue weighted by molar-refractivity contribution is 0.0926. The fourth-order valence-corrected chi connectivity index (χ4v) is 2.18. The number of hydrogen-bond donors (Lipinski definition) is 1. The summed E-state index contributed by atoms with van der Waals surface area (Å²) >= 11 is 0. The summed E-state index contributed by atoms with van der Waals surface area (Å²) in [5.74, 6) is 1.97. The zero-order valence-corrected chi connectivity index (χ0v) is 15.5. The number of carbonyl (C=O) groups is 1. The maximum atomic E-state index is 12.4. The van der Waals surface area contributed by atoms with Gasteiger partial charge in [-0.1, -0.05) is 12.6 Å². The predicted octanol–water partition coefficient (Wildman–Crippen LogP) is 3.85. The first-order valence-corrected chi connectivity index (χ1v) is 8.43. The van der Waals surface area contributed by atoms with Gasteiger partial charge < -0.3 is 19.5 Å². The number of amides is 1. The first kappa shape index (κ1) is 19.4. The second kappa shape index (κ2) is 9.51. The number of methoxy groups -OCH3 is 1. The highest BCUT2D eigenvalue weighted by Gasteiger charge is 2.11. The minimum absolute atomic E-state index is 0.149. The molecule has 5 heteroatoms. The molecule has 5 nitrogen and oxygen atoms in total. The van der Waals surface area contributed by atoms with Gasteiger partial charge in [0.05, 0.1) is 13.2 Å². The largest absolute Gasteiger partial charge is 0.497 e. The fourth-order valence-electron chi connectivity index (χ4n) is 2.18. The third kappa shape index (κ3) is 6.16. The molecule has 0 aromatic heterocycles. The molecular weight excluding hydrogens is 330 g/mol. The van der Waals surface area contributed by atoms with E-state index >= 15 is 0 Å². The van der Waals surface area contributed by atoms with Crippen molar-refractivity contribution >= 4 is 5.91 Å². The van der Waals surface area contributed by atoms with Crippen LogP contribution in [-0.2, 0) is 0 Å². The van der Waals surface area contributed by atoms with E-state index in [-0.39, 0.29) is 11.9 Å². The summed E-state index contributed by atoms with van der Waals surface area (Å²) in [6, 6.07) is 14.2. The van der Waals surface area contributed by atoms with Crippen molar-refractivity contribution in [1.29, 1.82) is 0 Å². The van der Waals surface area contributed by atoms with E-state index in [4.69, 9.17) is 14.2 Å². The van der Waals surface area contributed by atoms with Gasteiger partial charge in [0, 0.05) is 5.56 Å². The van der Waals surface area contributed by atoms with Gasteiger partial charge in [0.1, 0.15) is 30.5 Å². The molecule has 0 spiro atoms. The molecule has 0 saturated carbocycles. The number of carbonyl (C=O) groups excluding carboxylic acids is 1. The van der Waals surface area contributed by atoms with E-state index in [1.165, 1.54) is 0 Å². The first-order chi connectivity index (χ1) is 12.5. The minimum Gasteiger partial charge on any atom is -0.497 e. The van der Waals surface area contributed by atoms with Gasteiger partial charge in [0.2, 0.25) is 0 Å². The lowest BCUT2D eigenvalue weighted by Crippen LogP contribution is -2.36. The average molecular weight is 355 g/mol. The molecule has 0 radical (unpaired) electrons. The Balaban J connectivity index is 1.85. The van der Waals surface area contributed by atoms with Crippen molar-refractivity contribution in [2.24, 2.45) is 0 Å². The Labute approximate surface area is 154 Å². The van der Waals surface area contributed by atoms with Crippen LogP contribution >= 0.6 is 0 Å². The van der Waals surface area contributed by atoms with Gasteiger partial charge in [-0.05, 0) is 61.9 Å². The van der Waals surface area contributed by atoms with Crippen molar-refractivity contribution < 1.29 is 19.0 Å². The molecule has 2 aromatic carbocycles. The van der Waals surface area contributed by atoms with E-state index in [1.54, 1.807) is 25.3 Å². The number of hydrogen-bond acceptors (Lipinski definition) is 4. The summed E-state index contributed by atoms with van der Waals surface area (Å²) in [5, 5.41) is 2.92. The summed E-state index contributed by atoms with van der Waals surface area (Å²) in [6.07, 6.45) is 0. The molecule has 0 bridgehead atoms. The van der Waals surface area contributed by atoms with E-state index in [1.807, 2.05) is 44.2 Å². The van der Waals surface area contributed by atoms with Crippen molar-refractivity contribution in [2.75, 3.05) is 20.3 Å². The van der Waals surface area contributed by atoms with Crippen molar-refractivity contribution in [1.82, 2.24) is 5.32 Å². The van der Waals surface area contributed by atoms with Crippen LogP contribution in [0, 0.1) is 0 Å². The van der Waals surface area contributed by atoms with E-state index in [2.05, 4.69) is 11.9 Å². The SMILES string of the molecule is C=C(C)COc1cccc(C(=O)N[C@H](C)COc2ccc(OC)cc2)c1. The molecule has 1 N–H and O–H groups in total. The molecule has 138 valence electrons. The van der Waals surface area contributed by atoms with Crippen molar-refractivity contribution in [2.45, 2.75) is 19.9 Å². The van der Waals surface area contributed by atoms with Crippen LogP contribution < -0.4 is 19.5 Å². The Morgan fingerprint density at radius 1 is 1.08 bits per heavy atom. The quantitative estimate of drug-likeness (QED) is 0.694. The van der Waals surface area contributed by atoms with Crippen LogP contribution in [0.15, 0.2) is 60.7 Å². The summed E-state index contributed by atoms with van der Waals surface area (Å²) < 4.78 is 16.4. The molecule has 0 aliphatic carbocycles. The molecule has 26 heavy (non-hydrogen) atoms. The normalized spacial score (nSPS) is 11.3. The van der Waals surface area contributed by atoms with Crippen LogP contribution in [0.1, 0.15) is 24.2 Å². The van der Waals surface area contributed by atoms with Crippen LogP contribution in [0.5, 0.6) is 17.2 Å². The summed E-state index contributed by atoms with van der Waals surface area (Å²) in [6.45, 7) is 8.37. The second-order valence-electron chi connectivity index (χ2n) is 6.13. The van der Waals surface area contributed by atoms with Gasteiger partial charge in [-0.2, -0.15) is 0 Å². The lowest BCUT2D eigenvalue weighted by Gasteiger charge is -2.15. The molecule has 0 unspecified atom stereocenters. The Hall–Kier alpha value is -2.95. The standard InChI is InChI=1S/C21H25NO4/c1-15(2)13-25-20-7-5-6-17(12-20)21(23)22-16(3)14-26-19-10-8-18(24-4)9-11-19/h5-12,16H,1,13-14H2,2-4H3,(H,22,23)/t16-/m1/s1. The van der Waals surface area contributed by atoms with Crippen LogP contribution in [-0.4, -0.2) is 32.3 Å². The number of benzene rings is 2. The second-order valence-corrected chi connectivity index (χ2v) is 6.13. The molecule has 2 rings (SSSR count). The third-order valence-electron chi connectivity index (χ3n) is 3.52. The number of rotatable bonds is 9. The zero-order valence-electron chi connectivity index (χ0n) is 15.5. The highest BCUT2D eigenvalue weighted by Crippen LogP contribution is 2.17. The van der Waals surface area contributed by atoms with Gasteiger partial charge in [0.15, 0.2) is 0 Å². The highest BCUT2D eigenvalue weighted by atomic mass is 16.5. The van der Waals surface area contributed by atoms with Crippen molar-refractivity contribution in [3.8, 4) is 17.2 Å². The van der Waals surface area contributed by atoms with E-state index < -0.39 is 0 Å². The topological polar surface area (TPSA) is 56.8 Å². The van der Waals surface area contributed by atoms with E-state index in [0.717, 1.165) is 17.1 Å². The van der Waals surface area contributed by atoms with Gasteiger partial charge >= 0.3 is 0 Å². The van der Waals surface area contributed by atoms with E-state index in [0.29, 0.717) is 24.5 Å². The van der Waals surface area contributed by atoms with Gasteiger partial charge in [0.25, 0.3) is 5.91 Å². The van der Waals surface area contributed by atoms with Crippen LogP contribution in [0.25, 0.3) is 0 Å². The van der Waals surface area contributed by atoms with Crippen LogP contribution in [0.4, 0.5) is 0 Å². The molecule has 0 fully saturated rings. The average Bonchev–Trinajstić information content (AvgIpc) is 2.65. The maximum absolute atomic E-state index is 12.4. The molecular formula is C21H25NO4. The van der Waals surface area contributed by atoms with Crippen molar-refractivity contribution in [3.63, 3.8) is 0 Å². The van der Waals surface area contributed by atoms with E-state index in [9.17, 15) is 4.79 Å². The monoisotopic (exact) mass is 355 g/mol. The molecule has 0 aliphatic heterocycles. The predicted molar refractivity (Wildman–Crippen MR) is 102 cm³/mol. The maximum Gasteiger partial charge on any atom is 0.251 e.